The molecule has 0 radical (unpaired) electrons. The fourth-order valence-corrected chi connectivity index (χ4v) is 1.98. The Balaban J connectivity index is 2.21. The summed E-state index contributed by atoms with van der Waals surface area (Å²) in [4.78, 5) is 2.50. The maximum absolute atomic E-state index is 4.46. The Kier molecular flexibility index (Phi) is 2.14. The molecular formula is C11H19N3. The van der Waals surface area contributed by atoms with Crippen LogP contribution in [0, 0.1) is 6.92 Å². The minimum Gasteiger partial charge on any atom is -0.291 e. The Morgan fingerprint density at radius 1 is 1.29 bits per heavy atom. The molecule has 0 bridgehead atoms. The van der Waals surface area contributed by atoms with E-state index in [1.165, 1.54) is 5.69 Å². The Hall–Kier alpha value is -0.830. The van der Waals surface area contributed by atoms with Crippen molar-refractivity contribution < 1.29 is 0 Å². The van der Waals surface area contributed by atoms with E-state index >= 15 is 0 Å². The lowest BCUT2D eigenvalue weighted by Gasteiger charge is -2.38. The van der Waals surface area contributed by atoms with Crippen LogP contribution in [0.1, 0.15) is 32.2 Å². The summed E-state index contributed by atoms with van der Waals surface area (Å²) >= 11 is 0. The number of rotatable bonds is 0. The molecule has 2 heterocycles. The molecular weight excluding hydrogens is 174 g/mol. The van der Waals surface area contributed by atoms with Crippen LogP contribution >= 0.6 is 0 Å². The lowest BCUT2D eigenvalue weighted by Crippen LogP contribution is -2.45. The van der Waals surface area contributed by atoms with Gasteiger partial charge in [0.15, 0.2) is 0 Å². The summed E-state index contributed by atoms with van der Waals surface area (Å²) in [6, 6.07) is 2.19. The zero-order valence-electron chi connectivity index (χ0n) is 9.54. The van der Waals surface area contributed by atoms with E-state index in [-0.39, 0.29) is 5.54 Å². The lowest BCUT2D eigenvalue weighted by molar-refractivity contribution is 0.0989. The molecule has 3 heteroatoms. The van der Waals surface area contributed by atoms with Crippen LogP contribution in [0.5, 0.6) is 0 Å². The van der Waals surface area contributed by atoms with Gasteiger partial charge in [0.05, 0.1) is 17.9 Å². The highest BCUT2D eigenvalue weighted by Gasteiger charge is 2.26. The van der Waals surface area contributed by atoms with Crippen molar-refractivity contribution in [3.05, 3.63) is 17.5 Å². The molecule has 0 saturated heterocycles. The SMILES string of the molecule is Cc1cc2n(n1)CCN(C(C)(C)C)C2. The highest BCUT2D eigenvalue weighted by molar-refractivity contribution is 5.11. The topological polar surface area (TPSA) is 21.1 Å². The summed E-state index contributed by atoms with van der Waals surface area (Å²) in [5, 5.41) is 4.46. The van der Waals surface area contributed by atoms with Gasteiger partial charge in [-0.25, -0.2) is 0 Å². The molecule has 1 aromatic rings. The average molecular weight is 193 g/mol. The molecule has 78 valence electrons. The van der Waals surface area contributed by atoms with Crippen LogP contribution in [0.4, 0.5) is 0 Å². The van der Waals surface area contributed by atoms with Crippen LogP contribution < -0.4 is 0 Å². The number of hydrogen-bond acceptors (Lipinski definition) is 2. The first-order valence-corrected chi connectivity index (χ1v) is 5.25. The molecule has 0 spiro atoms. The average Bonchev–Trinajstić information content (AvgIpc) is 2.41. The summed E-state index contributed by atoms with van der Waals surface area (Å²) in [6.45, 7) is 12.0. The Morgan fingerprint density at radius 2 is 2.00 bits per heavy atom. The molecule has 0 aliphatic carbocycles. The second kappa shape index (κ2) is 3.09. The molecule has 1 aliphatic rings. The van der Waals surface area contributed by atoms with Crippen LogP contribution in [0.25, 0.3) is 0 Å². The van der Waals surface area contributed by atoms with E-state index in [9.17, 15) is 0 Å². The maximum Gasteiger partial charge on any atom is 0.0597 e. The zero-order chi connectivity index (χ0) is 10.3. The van der Waals surface area contributed by atoms with E-state index < -0.39 is 0 Å². The van der Waals surface area contributed by atoms with Crippen LogP contribution in [0.2, 0.25) is 0 Å². The van der Waals surface area contributed by atoms with Crippen molar-refractivity contribution in [1.82, 2.24) is 14.7 Å². The molecule has 0 saturated carbocycles. The molecule has 0 aromatic carbocycles. The molecule has 0 N–H and O–H groups in total. The van der Waals surface area contributed by atoms with E-state index in [0.29, 0.717) is 0 Å². The number of aromatic nitrogens is 2. The molecule has 0 amide bonds. The number of fused-ring (bicyclic) bond motifs is 1. The first-order chi connectivity index (χ1) is 6.47. The number of hydrogen-bond donors (Lipinski definition) is 0. The van der Waals surface area contributed by atoms with E-state index in [2.05, 4.69) is 48.4 Å². The van der Waals surface area contributed by atoms with Crippen molar-refractivity contribution in [1.29, 1.82) is 0 Å². The monoisotopic (exact) mass is 193 g/mol. The Labute approximate surface area is 85.7 Å². The largest absolute Gasteiger partial charge is 0.291 e. The van der Waals surface area contributed by atoms with Gasteiger partial charge < -0.3 is 0 Å². The Morgan fingerprint density at radius 3 is 2.64 bits per heavy atom. The van der Waals surface area contributed by atoms with Gasteiger partial charge in [-0.15, -0.1) is 0 Å². The lowest BCUT2D eigenvalue weighted by atomic mass is 10.0. The van der Waals surface area contributed by atoms with E-state index in [4.69, 9.17) is 0 Å². The Bertz CT molecular complexity index is 333. The van der Waals surface area contributed by atoms with Crippen molar-refractivity contribution in [2.45, 2.75) is 46.3 Å². The summed E-state index contributed by atoms with van der Waals surface area (Å²) < 4.78 is 2.14. The van der Waals surface area contributed by atoms with Gasteiger partial charge in [-0.1, -0.05) is 0 Å². The maximum atomic E-state index is 4.46. The second-order valence-corrected chi connectivity index (χ2v) is 5.09. The van der Waals surface area contributed by atoms with Gasteiger partial charge in [-0.2, -0.15) is 5.10 Å². The molecule has 0 atom stereocenters. The third-order valence-electron chi connectivity index (χ3n) is 2.87. The third kappa shape index (κ3) is 1.69. The zero-order valence-corrected chi connectivity index (χ0v) is 9.54. The summed E-state index contributed by atoms with van der Waals surface area (Å²) in [6.07, 6.45) is 0. The molecule has 14 heavy (non-hydrogen) atoms. The van der Waals surface area contributed by atoms with Gasteiger partial charge in [-0.3, -0.25) is 9.58 Å². The van der Waals surface area contributed by atoms with E-state index in [1.54, 1.807) is 0 Å². The number of nitrogens with zero attached hydrogens (tertiary/aromatic N) is 3. The first-order valence-electron chi connectivity index (χ1n) is 5.25. The minimum absolute atomic E-state index is 0.267. The molecule has 0 fully saturated rings. The van der Waals surface area contributed by atoms with Gasteiger partial charge in [0.1, 0.15) is 0 Å². The van der Waals surface area contributed by atoms with Gasteiger partial charge in [0.2, 0.25) is 0 Å². The highest BCUT2D eigenvalue weighted by Crippen LogP contribution is 2.21. The third-order valence-corrected chi connectivity index (χ3v) is 2.87. The summed E-state index contributed by atoms with van der Waals surface area (Å²) in [5.74, 6) is 0. The van der Waals surface area contributed by atoms with Crippen molar-refractivity contribution in [2.75, 3.05) is 6.54 Å². The molecule has 1 aromatic heterocycles. The van der Waals surface area contributed by atoms with E-state index in [1.807, 2.05) is 0 Å². The van der Waals surface area contributed by atoms with Crippen LogP contribution in [-0.2, 0) is 13.1 Å². The quantitative estimate of drug-likeness (QED) is 0.626. The molecule has 2 rings (SSSR count). The fourth-order valence-electron chi connectivity index (χ4n) is 1.98. The van der Waals surface area contributed by atoms with Crippen molar-refractivity contribution >= 4 is 0 Å². The van der Waals surface area contributed by atoms with Gasteiger partial charge in [0, 0.05) is 18.6 Å². The molecule has 3 nitrogen and oxygen atoms in total. The minimum atomic E-state index is 0.267. The van der Waals surface area contributed by atoms with Gasteiger partial charge in [-0.05, 0) is 33.8 Å². The van der Waals surface area contributed by atoms with Gasteiger partial charge in [0.25, 0.3) is 0 Å². The van der Waals surface area contributed by atoms with Crippen LogP contribution in [0.15, 0.2) is 6.07 Å². The number of aryl methyl sites for hydroxylation is 1. The summed E-state index contributed by atoms with van der Waals surface area (Å²) in [5.41, 5.74) is 2.75. The van der Waals surface area contributed by atoms with Crippen molar-refractivity contribution in [3.8, 4) is 0 Å². The van der Waals surface area contributed by atoms with Crippen LogP contribution in [0.3, 0.4) is 0 Å². The predicted octanol–water partition coefficient (Wildman–Crippen LogP) is 1.81. The standard InChI is InChI=1S/C11H19N3/c1-9-7-10-8-13(11(2,3)4)5-6-14(10)12-9/h7H,5-6,8H2,1-4H3. The normalized spacial score (nSPS) is 18.3. The van der Waals surface area contributed by atoms with E-state index in [0.717, 1.165) is 25.3 Å². The second-order valence-electron chi connectivity index (χ2n) is 5.09. The van der Waals surface area contributed by atoms with Crippen LogP contribution in [-0.4, -0.2) is 26.8 Å². The van der Waals surface area contributed by atoms with Gasteiger partial charge >= 0.3 is 0 Å². The smallest absolute Gasteiger partial charge is 0.0597 e. The van der Waals surface area contributed by atoms with Crippen molar-refractivity contribution in [3.63, 3.8) is 0 Å². The highest BCUT2D eigenvalue weighted by atomic mass is 15.3. The first kappa shape index (κ1) is 9.71. The fraction of sp³-hybridized carbons (Fsp3) is 0.727. The molecule has 1 aliphatic heterocycles. The summed E-state index contributed by atoms with van der Waals surface area (Å²) in [7, 11) is 0. The molecule has 0 unspecified atom stereocenters. The predicted molar refractivity (Wildman–Crippen MR) is 57.1 cm³/mol. The van der Waals surface area contributed by atoms with Crippen molar-refractivity contribution in [2.24, 2.45) is 0 Å².